The van der Waals surface area contributed by atoms with E-state index in [-0.39, 0.29) is 22.6 Å². The highest BCUT2D eigenvalue weighted by Crippen LogP contribution is 2.64. The normalized spacial score (nSPS) is 46.0. The minimum atomic E-state index is -0.447. The Bertz CT molecular complexity index is 460. The van der Waals surface area contributed by atoms with Crippen molar-refractivity contribution in [3.05, 3.63) is 0 Å². The van der Waals surface area contributed by atoms with E-state index in [2.05, 4.69) is 13.8 Å². The third kappa shape index (κ3) is 1.98. The second-order valence-corrected chi connectivity index (χ2v) is 8.14. The van der Waals surface area contributed by atoms with Crippen LogP contribution in [-0.4, -0.2) is 36.0 Å². The monoisotopic (exact) mass is 296 g/mol. The predicted molar refractivity (Wildman–Crippen MR) is 79.0 cm³/mol. The molecule has 3 fully saturated rings. The van der Waals surface area contributed by atoms with E-state index in [1.807, 2.05) is 13.8 Å². The zero-order valence-electron chi connectivity index (χ0n) is 14.0. The Morgan fingerprint density at radius 2 is 1.95 bits per heavy atom. The van der Waals surface area contributed by atoms with E-state index in [4.69, 9.17) is 14.2 Å². The van der Waals surface area contributed by atoms with Crippen LogP contribution in [0.3, 0.4) is 0 Å². The quantitative estimate of drug-likeness (QED) is 0.735. The van der Waals surface area contributed by atoms with Gasteiger partial charge in [-0.25, -0.2) is 0 Å². The van der Waals surface area contributed by atoms with Gasteiger partial charge in [0.2, 0.25) is 0 Å². The number of carbonyl (C=O) groups excluding carboxylic acids is 1. The number of esters is 1. The Labute approximate surface area is 127 Å². The lowest BCUT2D eigenvalue weighted by atomic mass is 9.56. The van der Waals surface area contributed by atoms with Gasteiger partial charge in [-0.3, -0.25) is 4.79 Å². The summed E-state index contributed by atoms with van der Waals surface area (Å²) < 4.78 is 18.2. The molecule has 4 atom stereocenters. The molecule has 120 valence electrons. The van der Waals surface area contributed by atoms with E-state index in [0.29, 0.717) is 5.92 Å². The van der Waals surface area contributed by atoms with Crippen molar-refractivity contribution in [1.29, 1.82) is 0 Å². The minimum Gasteiger partial charge on any atom is -0.460 e. The molecular formula is C17H28O4. The molecule has 0 aromatic rings. The molecule has 1 aliphatic carbocycles. The lowest BCUT2D eigenvalue weighted by molar-refractivity contribution is -0.182. The molecule has 0 amide bonds. The molecule has 2 heterocycles. The van der Waals surface area contributed by atoms with E-state index in [0.717, 1.165) is 38.9 Å². The van der Waals surface area contributed by atoms with Crippen LogP contribution in [0, 0.1) is 11.3 Å². The van der Waals surface area contributed by atoms with Crippen LogP contribution < -0.4 is 0 Å². The summed E-state index contributed by atoms with van der Waals surface area (Å²) in [6, 6.07) is 0. The summed E-state index contributed by atoms with van der Waals surface area (Å²) >= 11 is 0. The molecular weight excluding hydrogens is 268 g/mol. The zero-order valence-corrected chi connectivity index (χ0v) is 14.0. The van der Waals surface area contributed by atoms with Gasteiger partial charge < -0.3 is 14.2 Å². The molecule has 2 saturated heterocycles. The summed E-state index contributed by atoms with van der Waals surface area (Å²) in [5.41, 5.74) is -0.772. The molecule has 21 heavy (non-hydrogen) atoms. The highest BCUT2D eigenvalue weighted by Gasteiger charge is 2.71. The summed E-state index contributed by atoms with van der Waals surface area (Å²) in [6.07, 6.45) is 4.00. The Morgan fingerprint density at radius 1 is 1.24 bits per heavy atom. The summed E-state index contributed by atoms with van der Waals surface area (Å²) in [7, 11) is 0. The van der Waals surface area contributed by atoms with Crippen molar-refractivity contribution in [2.45, 2.75) is 77.1 Å². The molecule has 3 rings (SSSR count). The van der Waals surface area contributed by atoms with Gasteiger partial charge in [0.25, 0.3) is 0 Å². The van der Waals surface area contributed by atoms with Crippen molar-refractivity contribution >= 4 is 5.97 Å². The molecule has 4 nitrogen and oxygen atoms in total. The number of ether oxygens (including phenoxy) is 3. The third-order valence-electron chi connectivity index (χ3n) is 6.43. The lowest BCUT2D eigenvalue weighted by Gasteiger charge is -2.53. The number of hydrogen-bond donors (Lipinski definition) is 0. The van der Waals surface area contributed by atoms with Crippen molar-refractivity contribution in [3.8, 4) is 0 Å². The molecule has 0 aromatic carbocycles. The van der Waals surface area contributed by atoms with E-state index in [1.165, 1.54) is 6.92 Å². The third-order valence-corrected chi connectivity index (χ3v) is 6.43. The van der Waals surface area contributed by atoms with Crippen LogP contribution in [0.1, 0.15) is 60.3 Å². The summed E-state index contributed by atoms with van der Waals surface area (Å²) in [4.78, 5) is 11.4. The van der Waals surface area contributed by atoms with Gasteiger partial charge in [0.15, 0.2) is 0 Å². The molecule has 0 aromatic heterocycles. The first-order valence-electron chi connectivity index (χ1n) is 8.12. The van der Waals surface area contributed by atoms with E-state index < -0.39 is 5.60 Å². The van der Waals surface area contributed by atoms with Crippen LogP contribution in [0.4, 0.5) is 0 Å². The van der Waals surface area contributed by atoms with Gasteiger partial charge in [0.1, 0.15) is 11.2 Å². The van der Waals surface area contributed by atoms with E-state index >= 15 is 0 Å². The van der Waals surface area contributed by atoms with Crippen LogP contribution in [0.15, 0.2) is 0 Å². The van der Waals surface area contributed by atoms with Crippen molar-refractivity contribution in [2.24, 2.45) is 11.3 Å². The Morgan fingerprint density at radius 3 is 2.62 bits per heavy atom. The van der Waals surface area contributed by atoms with Gasteiger partial charge in [-0.1, -0.05) is 6.92 Å². The second-order valence-electron chi connectivity index (χ2n) is 8.14. The van der Waals surface area contributed by atoms with Gasteiger partial charge in [0, 0.05) is 24.7 Å². The van der Waals surface area contributed by atoms with Crippen molar-refractivity contribution in [1.82, 2.24) is 0 Å². The van der Waals surface area contributed by atoms with Crippen LogP contribution in [0.25, 0.3) is 0 Å². The van der Waals surface area contributed by atoms with Crippen LogP contribution in [-0.2, 0) is 19.0 Å². The molecule has 1 saturated carbocycles. The van der Waals surface area contributed by atoms with Crippen LogP contribution in [0.2, 0.25) is 0 Å². The van der Waals surface area contributed by atoms with Gasteiger partial charge in [0.05, 0.1) is 18.8 Å². The fraction of sp³-hybridized carbons (Fsp3) is 0.941. The first-order chi connectivity index (χ1) is 9.64. The molecule has 3 aliphatic rings. The maximum absolute atomic E-state index is 11.4. The molecule has 1 spiro atoms. The molecule has 2 aliphatic heterocycles. The van der Waals surface area contributed by atoms with Crippen LogP contribution >= 0.6 is 0 Å². The topological polar surface area (TPSA) is 44.8 Å². The fourth-order valence-corrected chi connectivity index (χ4v) is 5.00. The first kappa shape index (κ1) is 15.3. The largest absolute Gasteiger partial charge is 0.460 e. The summed E-state index contributed by atoms with van der Waals surface area (Å²) in [6.45, 7) is 11.6. The Hall–Kier alpha value is -0.610. The zero-order chi connectivity index (χ0) is 15.5. The Kier molecular flexibility index (Phi) is 3.24. The van der Waals surface area contributed by atoms with E-state index in [1.54, 1.807) is 0 Å². The second kappa shape index (κ2) is 4.45. The smallest absolute Gasteiger partial charge is 0.303 e. The number of rotatable bonds is 2. The van der Waals surface area contributed by atoms with Crippen molar-refractivity contribution in [3.63, 3.8) is 0 Å². The van der Waals surface area contributed by atoms with Gasteiger partial charge in [-0.15, -0.1) is 0 Å². The fourth-order valence-electron chi connectivity index (χ4n) is 5.00. The molecule has 0 radical (unpaired) electrons. The summed E-state index contributed by atoms with van der Waals surface area (Å²) in [5, 5.41) is 0. The first-order valence-corrected chi connectivity index (χ1v) is 8.12. The lowest BCUT2D eigenvalue weighted by Crippen LogP contribution is -2.60. The van der Waals surface area contributed by atoms with Gasteiger partial charge in [-0.05, 0) is 40.0 Å². The predicted octanol–water partition coefficient (Wildman–Crippen LogP) is 3.08. The molecule has 0 bridgehead atoms. The highest BCUT2D eigenvalue weighted by atomic mass is 16.6. The average molecular weight is 296 g/mol. The standard InChI is InChI=1S/C17H28O4/c1-12(18)21-14(2,3)13-6-7-15(4)11-20-16(5)8-9-19-17(15,16)10-13/h13H,6-11H2,1-5H3/t13-,15+,16-,17-/m1/s1. The SMILES string of the molecule is CC(=O)OC(C)(C)[C@@H]1CC[C@@]2(C)CO[C@]3(C)CCO[C@]23C1. The summed E-state index contributed by atoms with van der Waals surface area (Å²) in [5.74, 6) is 0.109. The minimum absolute atomic E-state index is 0.0844. The average Bonchev–Trinajstić information content (AvgIpc) is 2.78. The number of hydrogen-bond acceptors (Lipinski definition) is 4. The Balaban J connectivity index is 1.90. The van der Waals surface area contributed by atoms with Gasteiger partial charge in [-0.2, -0.15) is 0 Å². The molecule has 0 unspecified atom stereocenters. The number of carbonyl (C=O) groups is 1. The maximum atomic E-state index is 11.4. The highest BCUT2D eigenvalue weighted by molar-refractivity contribution is 5.66. The maximum Gasteiger partial charge on any atom is 0.303 e. The molecule has 4 heteroatoms. The van der Waals surface area contributed by atoms with Gasteiger partial charge >= 0.3 is 5.97 Å². The van der Waals surface area contributed by atoms with Crippen LogP contribution in [0.5, 0.6) is 0 Å². The van der Waals surface area contributed by atoms with E-state index in [9.17, 15) is 4.79 Å². The van der Waals surface area contributed by atoms with Crippen molar-refractivity contribution in [2.75, 3.05) is 13.2 Å². The van der Waals surface area contributed by atoms with Crippen molar-refractivity contribution < 1.29 is 19.0 Å². The molecule has 0 N–H and O–H groups in total.